The summed E-state index contributed by atoms with van der Waals surface area (Å²) < 4.78 is 15.3. The van der Waals surface area contributed by atoms with Crippen LogP contribution in [-0.4, -0.2) is 15.8 Å². The second kappa shape index (κ2) is 6.32. The second-order valence-electron chi connectivity index (χ2n) is 4.51. The molecule has 0 aliphatic carbocycles. The van der Waals surface area contributed by atoms with Crippen LogP contribution in [0.1, 0.15) is 18.5 Å². The minimum atomic E-state index is -0.659. The number of nitrogens with one attached hydrogen (secondary N) is 2. The van der Waals surface area contributed by atoms with Crippen LogP contribution in [0, 0.1) is 5.82 Å². The van der Waals surface area contributed by atoms with E-state index < -0.39 is 11.8 Å². The first-order valence-electron chi connectivity index (χ1n) is 6.07. The third-order valence-electron chi connectivity index (χ3n) is 2.83. The van der Waals surface area contributed by atoms with Crippen LogP contribution in [0.15, 0.2) is 24.5 Å². The van der Waals surface area contributed by atoms with Gasteiger partial charge in [0.25, 0.3) is 0 Å². The molecule has 0 bridgehead atoms. The van der Waals surface area contributed by atoms with Crippen molar-refractivity contribution in [2.24, 2.45) is 7.05 Å². The van der Waals surface area contributed by atoms with E-state index in [9.17, 15) is 9.18 Å². The summed E-state index contributed by atoms with van der Waals surface area (Å²) in [6.07, 6.45) is 3.43. The van der Waals surface area contributed by atoms with Crippen LogP contribution < -0.4 is 10.6 Å². The third kappa shape index (κ3) is 3.86. The van der Waals surface area contributed by atoms with Gasteiger partial charge in [0.1, 0.15) is 5.82 Å². The van der Waals surface area contributed by atoms with Crippen LogP contribution in [0.2, 0.25) is 10.0 Å². The van der Waals surface area contributed by atoms with Crippen molar-refractivity contribution in [2.45, 2.75) is 13.0 Å². The number of urea groups is 1. The van der Waals surface area contributed by atoms with E-state index in [1.807, 2.05) is 0 Å². The summed E-state index contributed by atoms with van der Waals surface area (Å²) in [5, 5.41) is 9.33. The lowest BCUT2D eigenvalue weighted by Gasteiger charge is -2.14. The molecule has 0 saturated carbocycles. The van der Waals surface area contributed by atoms with Crippen molar-refractivity contribution in [3.8, 4) is 0 Å². The number of aromatic nitrogens is 2. The summed E-state index contributed by atoms with van der Waals surface area (Å²) in [6.45, 7) is 1.79. The van der Waals surface area contributed by atoms with Gasteiger partial charge in [-0.1, -0.05) is 23.2 Å². The Hall–Kier alpha value is -1.79. The molecule has 0 fully saturated rings. The molecule has 0 radical (unpaired) electrons. The van der Waals surface area contributed by atoms with Gasteiger partial charge < -0.3 is 10.6 Å². The zero-order chi connectivity index (χ0) is 15.6. The molecule has 2 rings (SSSR count). The monoisotopic (exact) mass is 330 g/mol. The lowest BCUT2D eigenvalue weighted by atomic mass is 10.2. The van der Waals surface area contributed by atoms with Crippen molar-refractivity contribution in [1.82, 2.24) is 15.1 Å². The lowest BCUT2D eigenvalue weighted by Crippen LogP contribution is -2.31. The first-order chi connectivity index (χ1) is 9.86. The van der Waals surface area contributed by atoms with E-state index in [2.05, 4.69) is 15.7 Å². The van der Waals surface area contributed by atoms with E-state index in [1.165, 1.54) is 6.07 Å². The van der Waals surface area contributed by atoms with Crippen molar-refractivity contribution < 1.29 is 9.18 Å². The Morgan fingerprint density at radius 3 is 2.67 bits per heavy atom. The smallest absolute Gasteiger partial charge is 0.319 e. The number of rotatable bonds is 3. The maximum absolute atomic E-state index is 13.7. The highest BCUT2D eigenvalue weighted by molar-refractivity contribution is 6.42. The summed E-state index contributed by atoms with van der Waals surface area (Å²) >= 11 is 11.5. The number of halogens is 3. The second-order valence-corrected chi connectivity index (χ2v) is 5.33. The molecule has 1 atom stereocenters. The average molecular weight is 331 g/mol. The summed E-state index contributed by atoms with van der Waals surface area (Å²) in [5.74, 6) is -0.659. The molecule has 8 heteroatoms. The molecular formula is C13H13Cl2FN4O. The Kier molecular flexibility index (Phi) is 4.69. The first-order valence-corrected chi connectivity index (χ1v) is 6.83. The molecule has 21 heavy (non-hydrogen) atoms. The highest BCUT2D eigenvalue weighted by atomic mass is 35.5. The predicted molar refractivity (Wildman–Crippen MR) is 80.2 cm³/mol. The quantitative estimate of drug-likeness (QED) is 0.842. The van der Waals surface area contributed by atoms with Gasteiger partial charge in [0.2, 0.25) is 0 Å². The van der Waals surface area contributed by atoms with Gasteiger partial charge in [-0.05, 0) is 19.1 Å². The summed E-state index contributed by atoms with van der Waals surface area (Å²) in [6, 6.07) is 1.48. The number of aryl methyl sites for hydroxylation is 1. The zero-order valence-electron chi connectivity index (χ0n) is 11.3. The van der Waals surface area contributed by atoms with E-state index >= 15 is 0 Å². The molecule has 0 aliphatic heterocycles. The number of benzene rings is 1. The van der Waals surface area contributed by atoms with E-state index in [4.69, 9.17) is 23.2 Å². The van der Waals surface area contributed by atoms with Crippen molar-refractivity contribution in [1.29, 1.82) is 0 Å². The van der Waals surface area contributed by atoms with E-state index in [-0.39, 0.29) is 21.8 Å². The fraction of sp³-hybridized carbons (Fsp3) is 0.231. The predicted octanol–water partition coefficient (Wildman–Crippen LogP) is 3.75. The number of carbonyl (C=O) groups is 1. The Bertz CT molecular complexity index is 674. The number of carbonyl (C=O) groups excluding carboxylic acids is 1. The molecule has 0 spiro atoms. The molecule has 1 aromatic carbocycles. The number of amides is 2. The van der Waals surface area contributed by atoms with Gasteiger partial charge in [-0.2, -0.15) is 5.10 Å². The SMILES string of the molecule is C[C@@H](NC(=O)Nc1cc(Cl)c(Cl)cc1F)c1cnn(C)c1. The summed E-state index contributed by atoms with van der Waals surface area (Å²) in [5.41, 5.74) is 0.794. The van der Waals surface area contributed by atoms with Crippen LogP contribution in [0.25, 0.3) is 0 Å². The highest BCUT2D eigenvalue weighted by Gasteiger charge is 2.14. The van der Waals surface area contributed by atoms with Crippen LogP contribution in [0.5, 0.6) is 0 Å². The van der Waals surface area contributed by atoms with Gasteiger partial charge >= 0.3 is 6.03 Å². The number of hydrogen-bond donors (Lipinski definition) is 2. The van der Waals surface area contributed by atoms with Crippen LogP contribution in [0.4, 0.5) is 14.9 Å². The van der Waals surface area contributed by atoms with Crippen molar-refractivity contribution in [2.75, 3.05) is 5.32 Å². The van der Waals surface area contributed by atoms with Crippen molar-refractivity contribution in [3.05, 3.63) is 46.0 Å². The van der Waals surface area contributed by atoms with Gasteiger partial charge in [-0.3, -0.25) is 4.68 Å². The molecular weight excluding hydrogens is 318 g/mol. The standard InChI is InChI=1S/C13H13Cl2FN4O/c1-7(8-5-17-20(2)6-8)18-13(21)19-12-4-10(15)9(14)3-11(12)16/h3-7H,1-2H3,(H2,18,19,21)/t7-/m1/s1. The Morgan fingerprint density at radius 1 is 1.38 bits per heavy atom. The normalized spacial score (nSPS) is 12.0. The lowest BCUT2D eigenvalue weighted by molar-refractivity contribution is 0.249. The van der Waals surface area contributed by atoms with Gasteiger partial charge in [-0.25, -0.2) is 9.18 Å². The van der Waals surface area contributed by atoms with E-state index in [0.29, 0.717) is 0 Å². The van der Waals surface area contributed by atoms with Gasteiger partial charge in [0.05, 0.1) is 28.0 Å². The van der Waals surface area contributed by atoms with Crippen molar-refractivity contribution >= 4 is 34.9 Å². The first kappa shape index (κ1) is 15.6. The maximum atomic E-state index is 13.7. The molecule has 1 heterocycles. The molecule has 0 unspecified atom stereocenters. The average Bonchev–Trinajstić information content (AvgIpc) is 2.82. The minimum absolute atomic E-state index is 0.0414. The Labute approximate surface area is 131 Å². The van der Waals surface area contributed by atoms with Crippen LogP contribution in [0.3, 0.4) is 0 Å². The molecule has 2 aromatic rings. The summed E-state index contributed by atoms with van der Waals surface area (Å²) in [4.78, 5) is 11.9. The summed E-state index contributed by atoms with van der Waals surface area (Å²) in [7, 11) is 1.78. The fourth-order valence-electron chi connectivity index (χ4n) is 1.72. The van der Waals surface area contributed by atoms with Gasteiger partial charge in [0.15, 0.2) is 0 Å². The molecule has 112 valence electrons. The molecule has 1 aromatic heterocycles. The van der Waals surface area contributed by atoms with Crippen molar-refractivity contribution in [3.63, 3.8) is 0 Å². The van der Waals surface area contributed by atoms with Crippen LogP contribution >= 0.6 is 23.2 Å². The van der Waals surface area contributed by atoms with E-state index in [0.717, 1.165) is 11.6 Å². The van der Waals surface area contributed by atoms with Gasteiger partial charge in [0, 0.05) is 18.8 Å². The highest BCUT2D eigenvalue weighted by Crippen LogP contribution is 2.28. The minimum Gasteiger partial charge on any atom is -0.331 e. The molecule has 2 amide bonds. The number of nitrogens with zero attached hydrogens (tertiary/aromatic N) is 2. The maximum Gasteiger partial charge on any atom is 0.319 e. The van der Waals surface area contributed by atoms with E-state index in [1.54, 1.807) is 31.0 Å². The van der Waals surface area contributed by atoms with Gasteiger partial charge in [-0.15, -0.1) is 0 Å². The molecule has 5 nitrogen and oxygen atoms in total. The third-order valence-corrected chi connectivity index (χ3v) is 3.55. The number of anilines is 1. The fourth-order valence-corrected chi connectivity index (χ4v) is 2.03. The topological polar surface area (TPSA) is 59.0 Å². The van der Waals surface area contributed by atoms with Crippen LogP contribution in [-0.2, 0) is 7.05 Å². The zero-order valence-corrected chi connectivity index (χ0v) is 12.8. The molecule has 0 saturated heterocycles. The molecule has 2 N–H and O–H groups in total. The largest absolute Gasteiger partial charge is 0.331 e. The molecule has 0 aliphatic rings. The number of hydrogen-bond acceptors (Lipinski definition) is 2. The Morgan fingerprint density at radius 2 is 2.05 bits per heavy atom. The Balaban J connectivity index is 2.03.